The maximum absolute atomic E-state index is 14.2. The number of nitrogens with zero attached hydrogens (tertiary/aromatic N) is 2. The van der Waals surface area contributed by atoms with Gasteiger partial charge in [0.25, 0.3) is 0 Å². The van der Waals surface area contributed by atoms with Gasteiger partial charge in [-0.25, -0.2) is 8.42 Å². The Morgan fingerprint density at radius 3 is 2.24 bits per heavy atom. The minimum absolute atomic E-state index is 0.0685. The van der Waals surface area contributed by atoms with E-state index in [0.29, 0.717) is 12.1 Å². The lowest BCUT2D eigenvalue weighted by Crippen LogP contribution is -2.55. The summed E-state index contributed by atoms with van der Waals surface area (Å²) in [6.45, 7) is 1.62. The third-order valence-corrected chi connectivity index (χ3v) is 9.13. The summed E-state index contributed by atoms with van der Waals surface area (Å²) in [5.41, 5.74) is 3.05. The number of nitrogens with one attached hydrogen (secondary N) is 1. The number of carbonyl (C=O) groups excluding carboxylic acids is 2. The summed E-state index contributed by atoms with van der Waals surface area (Å²) in [5.74, 6) is -0.660. The molecule has 0 aromatic heterocycles. The minimum atomic E-state index is -3.79. The van der Waals surface area contributed by atoms with Gasteiger partial charge in [0.05, 0.1) is 11.9 Å². The first-order valence-corrected chi connectivity index (χ1v) is 16.7. The maximum Gasteiger partial charge on any atom is 0.244 e. The van der Waals surface area contributed by atoms with E-state index in [1.165, 1.54) is 0 Å². The van der Waals surface area contributed by atoms with Crippen LogP contribution in [0.3, 0.4) is 0 Å². The molecule has 1 saturated carbocycles. The average molecular weight is 641 g/mol. The SMILES string of the molecule is Cc1cccc(N(CC(=O)N(Cc2ccc(Br)cc2)C(Cc2ccccc2)C(=O)NC2CCCCC2)S(C)(=O)=O)c1. The number of rotatable bonds is 11. The summed E-state index contributed by atoms with van der Waals surface area (Å²) in [7, 11) is -3.79. The Hall–Kier alpha value is -3.17. The largest absolute Gasteiger partial charge is 0.352 e. The van der Waals surface area contributed by atoms with Crippen molar-refractivity contribution in [2.24, 2.45) is 0 Å². The summed E-state index contributed by atoms with van der Waals surface area (Å²) in [6.07, 6.45) is 6.53. The Morgan fingerprint density at radius 2 is 1.61 bits per heavy atom. The van der Waals surface area contributed by atoms with Crippen LogP contribution in [0.4, 0.5) is 5.69 Å². The molecule has 2 amide bonds. The zero-order chi connectivity index (χ0) is 29.4. The van der Waals surface area contributed by atoms with E-state index in [4.69, 9.17) is 0 Å². The molecule has 1 unspecified atom stereocenters. The molecule has 218 valence electrons. The molecule has 1 atom stereocenters. The smallest absolute Gasteiger partial charge is 0.244 e. The van der Waals surface area contributed by atoms with Crippen molar-refractivity contribution in [1.82, 2.24) is 10.2 Å². The quantitative estimate of drug-likeness (QED) is 0.295. The van der Waals surface area contributed by atoms with Crippen LogP contribution in [0.15, 0.2) is 83.3 Å². The van der Waals surface area contributed by atoms with Crippen LogP contribution in [0.1, 0.15) is 48.8 Å². The fourth-order valence-electron chi connectivity index (χ4n) is 5.28. The fourth-order valence-corrected chi connectivity index (χ4v) is 6.39. The number of halogens is 1. The highest BCUT2D eigenvalue weighted by Gasteiger charge is 2.34. The lowest BCUT2D eigenvalue weighted by Gasteiger charge is -2.35. The van der Waals surface area contributed by atoms with Crippen LogP contribution in [-0.2, 0) is 32.6 Å². The summed E-state index contributed by atoms with van der Waals surface area (Å²) >= 11 is 3.46. The molecule has 0 radical (unpaired) electrons. The molecule has 3 aromatic carbocycles. The van der Waals surface area contributed by atoms with E-state index >= 15 is 0 Å². The molecule has 1 aliphatic rings. The van der Waals surface area contributed by atoms with Gasteiger partial charge in [0, 0.05) is 23.5 Å². The number of anilines is 1. The first-order chi connectivity index (χ1) is 19.6. The first-order valence-electron chi connectivity index (χ1n) is 14.0. The van der Waals surface area contributed by atoms with E-state index in [-0.39, 0.29) is 18.5 Å². The van der Waals surface area contributed by atoms with E-state index in [2.05, 4.69) is 21.2 Å². The second-order valence-corrected chi connectivity index (χ2v) is 13.6. The zero-order valence-corrected chi connectivity index (χ0v) is 26.0. The molecular formula is C32H38BrN3O4S. The summed E-state index contributed by atoms with van der Waals surface area (Å²) < 4.78 is 27.9. The standard InChI is InChI=1S/C32H38BrN3O4S/c1-24-10-9-15-29(20-24)36(41(2,39)40)23-31(37)35(22-26-16-18-27(33)19-17-26)30(21-25-11-5-3-6-12-25)32(38)34-28-13-7-4-8-14-28/h3,5-6,9-12,15-20,28,30H,4,7-8,13-14,21-23H2,1-2H3,(H,34,38). The maximum atomic E-state index is 14.2. The predicted molar refractivity (Wildman–Crippen MR) is 167 cm³/mol. The van der Waals surface area contributed by atoms with Crippen LogP contribution < -0.4 is 9.62 Å². The van der Waals surface area contributed by atoms with Crippen LogP contribution in [0.25, 0.3) is 0 Å². The number of sulfonamides is 1. The molecule has 1 aliphatic carbocycles. The van der Waals surface area contributed by atoms with Crippen LogP contribution in [0, 0.1) is 6.92 Å². The van der Waals surface area contributed by atoms with Gasteiger partial charge in [-0.1, -0.05) is 89.8 Å². The van der Waals surface area contributed by atoms with Crippen LogP contribution in [0.2, 0.25) is 0 Å². The normalized spacial score (nSPS) is 14.7. The fraction of sp³-hybridized carbons (Fsp3) is 0.375. The van der Waals surface area contributed by atoms with Crippen molar-refractivity contribution in [3.63, 3.8) is 0 Å². The number of benzene rings is 3. The molecule has 1 N–H and O–H groups in total. The minimum Gasteiger partial charge on any atom is -0.352 e. The van der Waals surface area contributed by atoms with Gasteiger partial charge in [0.1, 0.15) is 12.6 Å². The summed E-state index contributed by atoms with van der Waals surface area (Å²) in [6, 6.07) is 23.5. The number of amides is 2. The van der Waals surface area contributed by atoms with Crippen LogP contribution in [0.5, 0.6) is 0 Å². The number of hydrogen-bond donors (Lipinski definition) is 1. The van der Waals surface area contributed by atoms with Gasteiger partial charge in [-0.15, -0.1) is 0 Å². The Morgan fingerprint density at radius 1 is 0.927 bits per heavy atom. The molecule has 0 saturated heterocycles. The van der Waals surface area contributed by atoms with Gasteiger partial charge in [-0.2, -0.15) is 0 Å². The zero-order valence-electron chi connectivity index (χ0n) is 23.6. The Bertz CT molecular complexity index is 1420. The number of hydrogen-bond acceptors (Lipinski definition) is 4. The monoisotopic (exact) mass is 639 g/mol. The predicted octanol–water partition coefficient (Wildman–Crippen LogP) is 5.61. The highest BCUT2D eigenvalue weighted by molar-refractivity contribution is 9.10. The van der Waals surface area contributed by atoms with Crippen molar-refractivity contribution in [2.75, 3.05) is 17.1 Å². The molecule has 0 aliphatic heterocycles. The molecule has 4 rings (SSSR count). The molecule has 3 aromatic rings. The second-order valence-electron chi connectivity index (χ2n) is 10.8. The van der Waals surface area contributed by atoms with E-state index in [1.54, 1.807) is 23.1 Å². The van der Waals surface area contributed by atoms with Gasteiger partial charge in [0.2, 0.25) is 21.8 Å². The van der Waals surface area contributed by atoms with Gasteiger partial charge in [0.15, 0.2) is 0 Å². The van der Waals surface area contributed by atoms with Crippen molar-refractivity contribution >= 4 is 43.5 Å². The lowest BCUT2D eigenvalue weighted by atomic mass is 9.94. The van der Waals surface area contributed by atoms with Crippen molar-refractivity contribution in [2.45, 2.75) is 64.1 Å². The van der Waals surface area contributed by atoms with Crippen molar-refractivity contribution < 1.29 is 18.0 Å². The highest BCUT2D eigenvalue weighted by atomic mass is 79.9. The van der Waals surface area contributed by atoms with E-state index < -0.39 is 28.5 Å². The third-order valence-electron chi connectivity index (χ3n) is 7.46. The highest BCUT2D eigenvalue weighted by Crippen LogP contribution is 2.23. The molecule has 0 heterocycles. The van der Waals surface area contributed by atoms with Crippen molar-refractivity contribution in [1.29, 1.82) is 0 Å². The van der Waals surface area contributed by atoms with E-state index in [0.717, 1.165) is 63.8 Å². The first kappa shape index (κ1) is 30.8. The molecule has 0 spiro atoms. The average Bonchev–Trinajstić information content (AvgIpc) is 2.95. The Labute approximate surface area is 252 Å². The third kappa shape index (κ3) is 8.91. The summed E-state index contributed by atoms with van der Waals surface area (Å²) in [4.78, 5) is 29.7. The second kappa shape index (κ2) is 14.1. The molecule has 41 heavy (non-hydrogen) atoms. The summed E-state index contributed by atoms with van der Waals surface area (Å²) in [5, 5.41) is 3.22. The van der Waals surface area contributed by atoms with Gasteiger partial charge < -0.3 is 10.2 Å². The number of aryl methyl sites for hydroxylation is 1. The number of carbonyl (C=O) groups is 2. The van der Waals surface area contributed by atoms with Gasteiger partial charge in [-0.05, 0) is 60.7 Å². The van der Waals surface area contributed by atoms with Gasteiger partial charge in [-0.3, -0.25) is 13.9 Å². The Kier molecular flexibility index (Phi) is 10.6. The van der Waals surface area contributed by atoms with Crippen molar-refractivity contribution in [3.8, 4) is 0 Å². The topological polar surface area (TPSA) is 86.8 Å². The molecular weight excluding hydrogens is 602 g/mol. The molecule has 0 bridgehead atoms. The lowest BCUT2D eigenvalue weighted by molar-refractivity contribution is -0.140. The van der Waals surface area contributed by atoms with E-state index in [9.17, 15) is 18.0 Å². The molecule has 1 fully saturated rings. The molecule has 9 heteroatoms. The van der Waals surface area contributed by atoms with Gasteiger partial charge >= 0.3 is 0 Å². The van der Waals surface area contributed by atoms with E-state index in [1.807, 2.05) is 67.6 Å². The molecule has 7 nitrogen and oxygen atoms in total. The van der Waals surface area contributed by atoms with Crippen LogP contribution >= 0.6 is 15.9 Å². The Balaban J connectivity index is 1.71. The van der Waals surface area contributed by atoms with Crippen molar-refractivity contribution in [3.05, 3.63) is 100 Å². The van der Waals surface area contributed by atoms with Crippen LogP contribution in [-0.4, -0.2) is 50.0 Å².